The van der Waals surface area contributed by atoms with Crippen molar-refractivity contribution in [1.29, 1.82) is 0 Å². The molecule has 0 bridgehead atoms. The number of amides is 1. The Labute approximate surface area is 149 Å². The summed E-state index contributed by atoms with van der Waals surface area (Å²) in [5.41, 5.74) is 1.40. The standard InChI is InChI=1S/C18H18N2O6/c1-11-8-12(10-26-11)17(22)20-14-6-4-13(5-7-14)19-15(18(23)25-3)9-16(21)24-2/h4-10,19H,1-3H3,(H,20,22)/b15-9+. The van der Waals surface area contributed by atoms with Crippen molar-refractivity contribution in [3.05, 3.63) is 59.7 Å². The van der Waals surface area contributed by atoms with Gasteiger partial charge in [0.05, 0.1) is 25.9 Å². The minimum Gasteiger partial charge on any atom is -0.469 e. The smallest absolute Gasteiger partial charge is 0.354 e. The van der Waals surface area contributed by atoms with Gasteiger partial charge in [-0.1, -0.05) is 0 Å². The van der Waals surface area contributed by atoms with Crippen molar-refractivity contribution in [1.82, 2.24) is 0 Å². The summed E-state index contributed by atoms with van der Waals surface area (Å²) in [6.45, 7) is 1.75. The first-order valence-electron chi connectivity index (χ1n) is 7.54. The summed E-state index contributed by atoms with van der Waals surface area (Å²) < 4.78 is 14.2. The molecular formula is C18H18N2O6. The van der Waals surface area contributed by atoms with Gasteiger partial charge in [0.25, 0.3) is 5.91 Å². The van der Waals surface area contributed by atoms with E-state index in [1.807, 2.05) is 0 Å². The lowest BCUT2D eigenvalue weighted by Crippen LogP contribution is -2.15. The largest absolute Gasteiger partial charge is 0.469 e. The minimum absolute atomic E-state index is 0.0787. The molecule has 0 fully saturated rings. The van der Waals surface area contributed by atoms with E-state index in [-0.39, 0.29) is 11.6 Å². The SMILES string of the molecule is COC(=O)/C=C(/Nc1ccc(NC(=O)c2coc(C)c2)cc1)C(=O)OC. The number of hydrogen-bond donors (Lipinski definition) is 2. The molecule has 8 nitrogen and oxygen atoms in total. The Kier molecular flexibility index (Phi) is 6.15. The quantitative estimate of drug-likeness (QED) is 0.603. The Morgan fingerprint density at radius 2 is 1.62 bits per heavy atom. The van der Waals surface area contributed by atoms with E-state index in [0.717, 1.165) is 6.08 Å². The molecule has 0 spiro atoms. The van der Waals surface area contributed by atoms with Crippen molar-refractivity contribution in [2.24, 2.45) is 0 Å². The number of nitrogens with one attached hydrogen (secondary N) is 2. The highest BCUT2D eigenvalue weighted by Crippen LogP contribution is 2.17. The van der Waals surface area contributed by atoms with Gasteiger partial charge in [-0.3, -0.25) is 4.79 Å². The van der Waals surface area contributed by atoms with E-state index in [1.165, 1.54) is 20.5 Å². The third-order valence-electron chi connectivity index (χ3n) is 3.28. The van der Waals surface area contributed by atoms with E-state index in [1.54, 1.807) is 37.3 Å². The minimum atomic E-state index is -0.719. The summed E-state index contributed by atoms with van der Waals surface area (Å²) in [5, 5.41) is 5.49. The first-order chi connectivity index (χ1) is 12.4. The highest BCUT2D eigenvalue weighted by Gasteiger charge is 2.13. The number of esters is 2. The molecule has 0 aliphatic carbocycles. The van der Waals surface area contributed by atoms with E-state index in [2.05, 4.69) is 20.1 Å². The van der Waals surface area contributed by atoms with Crippen LogP contribution >= 0.6 is 0 Å². The van der Waals surface area contributed by atoms with Crippen molar-refractivity contribution in [2.45, 2.75) is 6.92 Å². The number of carbonyl (C=O) groups is 3. The maximum atomic E-state index is 12.1. The molecule has 1 heterocycles. The second kappa shape index (κ2) is 8.52. The first kappa shape index (κ1) is 18.8. The Balaban J connectivity index is 2.08. The van der Waals surface area contributed by atoms with Gasteiger partial charge in [0.2, 0.25) is 0 Å². The number of ether oxygens (including phenoxy) is 2. The lowest BCUT2D eigenvalue weighted by Gasteiger charge is -2.10. The van der Waals surface area contributed by atoms with Crippen LogP contribution in [0.4, 0.5) is 11.4 Å². The van der Waals surface area contributed by atoms with E-state index in [0.29, 0.717) is 22.7 Å². The number of methoxy groups -OCH3 is 2. The van der Waals surface area contributed by atoms with Crippen molar-refractivity contribution in [3.63, 3.8) is 0 Å². The molecule has 0 saturated heterocycles. The molecule has 1 amide bonds. The molecule has 136 valence electrons. The number of rotatable bonds is 6. The summed E-state index contributed by atoms with van der Waals surface area (Å²) in [4.78, 5) is 35.1. The van der Waals surface area contributed by atoms with Crippen LogP contribution in [0.2, 0.25) is 0 Å². The zero-order chi connectivity index (χ0) is 19.1. The van der Waals surface area contributed by atoms with Gasteiger partial charge >= 0.3 is 11.9 Å². The average molecular weight is 358 g/mol. The highest BCUT2D eigenvalue weighted by atomic mass is 16.5. The van der Waals surface area contributed by atoms with Gasteiger partial charge in [-0.2, -0.15) is 0 Å². The molecule has 0 aliphatic rings. The summed E-state index contributed by atoms with van der Waals surface area (Å²) in [5.74, 6) is -1.08. The van der Waals surface area contributed by atoms with Crippen LogP contribution in [0, 0.1) is 6.92 Å². The predicted molar refractivity (Wildman–Crippen MR) is 93.6 cm³/mol. The van der Waals surface area contributed by atoms with E-state index in [4.69, 9.17) is 4.42 Å². The van der Waals surface area contributed by atoms with Crippen LogP contribution in [-0.2, 0) is 19.1 Å². The normalized spacial score (nSPS) is 10.8. The molecule has 1 aromatic heterocycles. The Hall–Kier alpha value is -3.55. The summed E-state index contributed by atoms with van der Waals surface area (Å²) in [6.07, 6.45) is 2.36. The Bertz CT molecular complexity index is 836. The van der Waals surface area contributed by atoms with Crippen molar-refractivity contribution in [2.75, 3.05) is 24.9 Å². The molecule has 0 radical (unpaired) electrons. The molecule has 2 aromatic rings. The molecule has 0 saturated carbocycles. The molecule has 0 unspecified atom stereocenters. The first-order valence-corrected chi connectivity index (χ1v) is 7.54. The lowest BCUT2D eigenvalue weighted by molar-refractivity contribution is -0.138. The fourth-order valence-electron chi connectivity index (χ4n) is 1.99. The van der Waals surface area contributed by atoms with Crippen LogP contribution in [0.1, 0.15) is 16.1 Å². The van der Waals surface area contributed by atoms with E-state index >= 15 is 0 Å². The van der Waals surface area contributed by atoms with E-state index in [9.17, 15) is 14.4 Å². The number of benzene rings is 1. The molecule has 8 heteroatoms. The number of aryl methyl sites for hydroxylation is 1. The van der Waals surface area contributed by atoms with Crippen LogP contribution < -0.4 is 10.6 Å². The Morgan fingerprint density at radius 1 is 1.00 bits per heavy atom. The number of hydrogen-bond acceptors (Lipinski definition) is 7. The van der Waals surface area contributed by atoms with Crippen LogP contribution in [0.25, 0.3) is 0 Å². The van der Waals surface area contributed by atoms with Gasteiger partial charge in [-0.15, -0.1) is 0 Å². The monoisotopic (exact) mass is 358 g/mol. The van der Waals surface area contributed by atoms with Crippen molar-refractivity contribution in [3.8, 4) is 0 Å². The molecule has 26 heavy (non-hydrogen) atoms. The number of carbonyl (C=O) groups excluding carboxylic acids is 3. The third kappa shape index (κ3) is 4.97. The zero-order valence-electron chi connectivity index (χ0n) is 14.5. The van der Waals surface area contributed by atoms with Crippen LogP contribution in [-0.4, -0.2) is 32.1 Å². The van der Waals surface area contributed by atoms with Crippen molar-refractivity contribution >= 4 is 29.2 Å². The summed E-state index contributed by atoms with van der Waals surface area (Å²) >= 11 is 0. The maximum absolute atomic E-state index is 12.1. The second-order valence-electron chi connectivity index (χ2n) is 5.18. The topological polar surface area (TPSA) is 107 Å². The maximum Gasteiger partial charge on any atom is 0.354 e. The average Bonchev–Trinajstić information content (AvgIpc) is 3.08. The fraction of sp³-hybridized carbons (Fsp3) is 0.167. The van der Waals surface area contributed by atoms with Crippen LogP contribution in [0.15, 0.2) is 52.8 Å². The predicted octanol–water partition coefficient (Wildman–Crippen LogP) is 2.48. The van der Waals surface area contributed by atoms with Gasteiger partial charge in [0, 0.05) is 11.4 Å². The molecular weight excluding hydrogens is 340 g/mol. The van der Waals surface area contributed by atoms with Gasteiger partial charge < -0.3 is 24.5 Å². The summed E-state index contributed by atoms with van der Waals surface area (Å²) in [7, 11) is 2.40. The molecule has 2 rings (SSSR count). The third-order valence-corrected chi connectivity index (χ3v) is 3.28. The van der Waals surface area contributed by atoms with Gasteiger partial charge in [-0.05, 0) is 37.3 Å². The molecule has 2 N–H and O–H groups in total. The number of furan rings is 1. The molecule has 0 aliphatic heterocycles. The Morgan fingerprint density at radius 3 is 2.12 bits per heavy atom. The van der Waals surface area contributed by atoms with Crippen molar-refractivity contribution < 1.29 is 28.3 Å². The summed E-state index contributed by atoms with van der Waals surface area (Å²) in [6, 6.07) is 8.17. The highest BCUT2D eigenvalue weighted by molar-refractivity contribution is 6.04. The van der Waals surface area contributed by atoms with Crippen LogP contribution in [0.5, 0.6) is 0 Å². The van der Waals surface area contributed by atoms with Gasteiger partial charge in [0.1, 0.15) is 17.7 Å². The molecule has 1 aromatic carbocycles. The van der Waals surface area contributed by atoms with Crippen LogP contribution in [0.3, 0.4) is 0 Å². The zero-order valence-corrected chi connectivity index (χ0v) is 14.5. The number of anilines is 2. The lowest BCUT2D eigenvalue weighted by atomic mass is 10.2. The van der Waals surface area contributed by atoms with E-state index < -0.39 is 11.9 Å². The second-order valence-corrected chi connectivity index (χ2v) is 5.18. The molecule has 0 atom stereocenters. The fourth-order valence-corrected chi connectivity index (χ4v) is 1.99. The van der Waals surface area contributed by atoms with Gasteiger partial charge in [-0.25, -0.2) is 9.59 Å². The van der Waals surface area contributed by atoms with Gasteiger partial charge in [0.15, 0.2) is 0 Å².